The van der Waals surface area contributed by atoms with Gasteiger partial charge in [-0.15, -0.1) is 0 Å². The number of halogens is 2. The SMILES string of the molecule is Fc1cc(Cl)cnc1NCCc1cnc[nH]1. The van der Waals surface area contributed by atoms with E-state index in [2.05, 4.69) is 20.3 Å². The lowest BCUT2D eigenvalue weighted by Crippen LogP contribution is -2.08. The molecule has 4 nitrogen and oxygen atoms in total. The van der Waals surface area contributed by atoms with Crippen molar-refractivity contribution >= 4 is 17.4 Å². The first-order valence-electron chi connectivity index (χ1n) is 4.78. The highest BCUT2D eigenvalue weighted by Gasteiger charge is 2.03. The minimum Gasteiger partial charge on any atom is -0.367 e. The van der Waals surface area contributed by atoms with Gasteiger partial charge < -0.3 is 10.3 Å². The van der Waals surface area contributed by atoms with Crippen LogP contribution in [0.3, 0.4) is 0 Å². The molecular formula is C10H10ClFN4. The fourth-order valence-electron chi connectivity index (χ4n) is 1.28. The van der Waals surface area contributed by atoms with Gasteiger partial charge in [-0.1, -0.05) is 11.6 Å². The molecule has 2 aromatic rings. The molecule has 2 heterocycles. The van der Waals surface area contributed by atoms with E-state index in [1.54, 1.807) is 12.5 Å². The van der Waals surface area contributed by atoms with Crippen LogP contribution in [0.2, 0.25) is 5.02 Å². The zero-order valence-electron chi connectivity index (χ0n) is 8.37. The molecule has 2 aromatic heterocycles. The van der Waals surface area contributed by atoms with Crippen LogP contribution in [0.4, 0.5) is 10.2 Å². The Morgan fingerprint density at radius 2 is 2.31 bits per heavy atom. The first-order chi connectivity index (χ1) is 7.75. The Morgan fingerprint density at radius 1 is 1.44 bits per heavy atom. The Balaban J connectivity index is 1.90. The van der Waals surface area contributed by atoms with Gasteiger partial charge in [0, 0.05) is 31.1 Å². The molecule has 84 valence electrons. The number of nitrogens with zero attached hydrogens (tertiary/aromatic N) is 2. The van der Waals surface area contributed by atoms with Crippen molar-refractivity contribution in [1.29, 1.82) is 0 Å². The second-order valence-electron chi connectivity index (χ2n) is 3.24. The molecule has 16 heavy (non-hydrogen) atoms. The minimum atomic E-state index is -0.447. The van der Waals surface area contributed by atoms with Crippen LogP contribution in [0.15, 0.2) is 24.8 Å². The van der Waals surface area contributed by atoms with E-state index in [4.69, 9.17) is 11.6 Å². The van der Waals surface area contributed by atoms with E-state index in [0.717, 1.165) is 12.1 Å². The van der Waals surface area contributed by atoms with E-state index in [9.17, 15) is 4.39 Å². The van der Waals surface area contributed by atoms with Gasteiger partial charge in [0.2, 0.25) is 0 Å². The van der Waals surface area contributed by atoms with Crippen LogP contribution in [0.25, 0.3) is 0 Å². The molecule has 0 aliphatic rings. The minimum absolute atomic E-state index is 0.212. The average Bonchev–Trinajstić information content (AvgIpc) is 2.74. The van der Waals surface area contributed by atoms with Gasteiger partial charge in [-0.2, -0.15) is 0 Å². The number of hydrogen-bond acceptors (Lipinski definition) is 3. The molecule has 0 saturated heterocycles. The summed E-state index contributed by atoms with van der Waals surface area (Å²) in [5.41, 5.74) is 0.988. The Bertz CT molecular complexity index is 458. The molecule has 0 bridgehead atoms. The summed E-state index contributed by atoms with van der Waals surface area (Å²) < 4.78 is 13.3. The summed E-state index contributed by atoms with van der Waals surface area (Å²) in [4.78, 5) is 10.7. The Hall–Kier alpha value is -1.62. The molecule has 2 rings (SSSR count). The van der Waals surface area contributed by atoms with Crippen molar-refractivity contribution in [3.8, 4) is 0 Å². The van der Waals surface area contributed by atoms with Gasteiger partial charge in [-0.3, -0.25) is 0 Å². The molecule has 0 spiro atoms. The van der Waals surface area contributed by atoms with Crippen LogP contribution in [0, 0.1) is 5.82 Å². The first kappa shape index (κ1) is 10.9. The van der Waals surface area contributed by atoms with E-state index in [-0.39, 0.29) is 10.8 Å². The van der Waals surface area contributed by atoms with Crippen molar-refractivity contribution in [3.63, 3.8) is 0 Å². The molecule has 0 saturated carbocycles. The lowest BCUT2D eigenvalue weighted by Gasteiger charge is -2.05. The van der Waals surface area contributed by atoms with Gasteiger partial charge in [0.05, 0.1) is 11.3 Å². The molecule has 0 unspecified atom stereocenters. The highest BCUT2D eigenvalue weighted by Crippen LogP contribution is 2.15. The normalized spacial score (nSPS) is 10.4. The molecule has 0 aliphatic carbocycles. The molecule has 2 N–H and O–H groups in total. The molecule has 6 heteroatoms. The maximum atomic E-state index is 13.3. The Labute approximate surface area is 96.9 Å². The molecule has 0 atom stereocenters. The van der Waals surface area contributed by atoms with Gasteiger partial charge in [-0.05, 0) is 6.07 Å². The first-order valence-corrected chi connectivity index (χ1v) is 5.15. The second-order valence-corrected chi connectivity index (χ2v) is 3.67. The highest BCUT2D eigenvalue weighted by atomic mass is 35.5. The van der Waals surface area contributed by atoms with E-state index in [1.807, 2.05) is 0 Å². The predicted molar refractivity (Wildman–Crippen MR) is 60.0 cm³/mol. The maximum Gasteiger partial charge on any atom is 0.166 e. The summed E-state index contributed by atoms with van der Waals surface area (Å²) in [6, 6.07) is 1.23. The fraction of sp³-hybridized carbons (Fsp3) is 0.200. The van der Waals surface area contributed by atoms with Crippen LogP contribution in [-0.2, 0) is 6.42 Å². The number of aromatic amines is 1. The summed E-state index contributed by atoms with van der Waals surface area (Å²) in [6.07, 6.45) is 5.47. The number of nitrogens with one attached hydrogen (secondary N) is 2. The summed E-state index contributed by atoms with van der Waals surface area (Å²) in [6.45, 7) is 0.577. The van der Waals surface area contributed by atoms with Crippen LogP contribution in [0.1, 0.15) is 5.69 Å². The van der Waals surface area contributed by atoms with Crippen molar-refractivity contribution in [2.75, 3.05) is 11.9 Å². The number of pyridine rings is 1. The molecule has 0 aromatic carbocycles. The van der Waals surface area contributed by atoms with Crippen molar-refractivity contribution in [2.45, 2.75) is 6.42 Å². The topological polar surface area (TPSA) is 53.6 Å². The van der Waals surface area contributed by atoms with Gasteiger partial charge in [-0.25, -0.2) is 14.4 Å². The van der Waals surface area contributed by atoms with Gasteiger partial charge in [0.25, 0.3) is 0 Å². The van der Waals surface area contributed by atoms with Crippen LogP contribution in [0.5, 0.6) is 0 Å². The van der Waals surface area contributed by atoms with Crippen LogP contribution < -0.4 is 5.32 Å². The van der Waals surface area contributed by atoms with Gasteiger partial charge >= 0.3 is 0 Å². The molecule has 0 fully saturated rings. The maximum absolute atomic E-state index is 13.3. The zero-order valence-corrected chi connectivity index (χ0v) is 9.13. The number of H-pyrrole nitrogens is 1. The summed E-state index contributed by atoms with van der Waals surface area (Å²) in [5, 5.41) is 3.17. The van der Waals surface area contributed by atoms with Gasteiger partial charge in [0.15, 0.2) is 11.6 Å². The zero-order chi connectivity index (χ0) is 11.4. The molecule has 0 amide bonds. The molecule has 0 aliphatic heterocycles. The lowest BCUT2D eigenvalue weighted by molar-refractivity contribution is 0.624. The predicted octanol–water partition coefficient (Wildman–Crippen LogP) is 2.25. The molecule has 0 radical (unpaired) electrons. The average molecular weight is 241 g/mol. The summed E-state index contributed by atoms with van der Waals surface area (Å²) in [5.74, 6) is -0.235. The van der Waals surface area contributed by atoms with Crippen molar-refractivity contribution in [1.82, 2.24) is 15.0 Å². The van der Waals surface area contributed by atoms with E-state index < -0.39 is 5.82 Å². The smallest absolute Gasteiger partial charge is 0.166 e. The standard InChI is InChI=1S/C10H10ClFN4/c11-7-3-9(12)10(15-4-7)14-2-1-8-5-13-6-16-8/h3-6H,1-2H2,(H,13,16)(H,14,15). The number of aromatic nitrogens is 3. The summed E-state index contributed by atoms with van der Waals surface area (Å²) in [7, 11) is 0. The van der Waals surface area contributed by atoms with Crippen LogP contribution in [-0.4, -0.2) is 21.5 Å². The van der Waals surface area contributed by atoms with E-state index >= 15 is 0 Å². The summed E-state index contributed by atoms with van der Waals surface area (Å²) >= 11 is 5.59. The third kappa shape index (κ3) is 2.70. The van der Waals surface area contributed by atoms with Crippen LogP contribution >= 0.6 is 11.6 Å². The van der Waals surface area contributed by atoms with Crippen molar-refractivity contribution in [3.05, 3.63) is 41.3 Å². The third-order valence-corrected chi connectivity index (χ3v) is 2.26. The number of imidazole rings is 1. The van der Waals surface area contributed by atoms with E-state index in [0.29, 0.717) is 6.54 Å². The Morgan fingerprint density at radius 3 is 3.00 bits per heavy atom. The third-order valence-electron chi connectivity index (χ3n) is 2.05. The van der Waals surface area contributed by atoms with Gasteiger partial charge in [0.1, 0.15) is 0 Å². The quantitative estimate of drug-likeness (QED) is 0.862. The largest absolute Gasteiger partial charge is 0.367 e. The number of hydrogen-bond donors (Lipinski definition) is 2. The van der Waals surface area contributed by atoms with Crippen molar-refractivity contribution in [2.24, 2.45) is 0 Å². The molecular weight excluding hydrogens is 231 g/mol. The number of anilines is 1. The fourth-order valence-corrected chi connectivity index (χ4v) is 1.43. The highest BCUT2D eigenvalue weighted by molar-refractivity contribution is 6.30. The van der Waals surface area contributed by atoms with E-state index in [1.165, 1.54) is 12.3 Å². The lowest BCUT2D eigenvalue weighted by atomic mass is 10.3. The number of rotatable bonds is 4. The monoisotopic (exact) mass is 240 g/mol. The van der Waals surface area contributed by atoms with Crippen molar-refractivity contribution < 1.29 is 4.39 Å². The second kappa shape index (κ2) is 4.94. The Kier molecular flexibility index (Phi) is 3.36.